The van der Waals surface area contributed by atoms with Gasteiger partial charge in [-0.05, 0) is 31.9 Å². The predicted molar refractivity (Wildman–Crippen MR) is 110 cm³/mol. The van der Waals surface area contributed by atoms with Crippen LogP contribution < -0.4 is 5.32 Å². The van der Waals surface area contributed by atoms with Crippen LogP contribution in [0.4, 0.5) is 0 Å². The van der Waals surface area contributed by atoms with Crippen molar-refractivity contribution < 1.29 is 14.1 Å². The predicted octanol–water partition coefficient (Wildman–Crippen LogP) is 2.39. The van der Waals surface area contributed by atoms with Gasteiger partial charge in [0.2, 0.25) is 5.91 Å². The fourth-order valence-electron chi connectivity index (χ4n) is 3.71. The van der Waals surface area contributed by atoms with Crippen LogP contribution in [0.1, 0.15) is 45.2 Å². The van der Waals surface area contributed by atoms with Crippen LogP contribution in [0.15, 0.2) is 40.9 Å². The number of carbonyl (C=O) groups excluding carboxylic acids is 2. The van der Waals surface area contributed by atoms with Gasteiger partial charge in [-0.3, -0.25) is 14.3 Å². The van der Waals surface area contributed by atoms with Crippen LogP contribution in [0.5, 0.6) is 0 Å². The summed E-state index contributed by atoms with van der Waals surface area (Å²) in [4.78, 5) is 27.0. The summed E-state index contributed by atoms with van der Waals surface area (Å²) >= 11 is 0. The zero-order chi connectivity index (χ0) is 21.1. The molecular formula is C22H25N5O3. The Kier molecular flexibility index (Phi) is 5.65. The molecule has 0 saturated carbocycles. The molecule has 1 aliphatic rings. The number of nitrogens with zero attached hydrogens (tertiary/aromatic N) is 4. The molecule has 0 saturated heterocycles. The maximum atomic E-state index is 12.7. The van der Waals surface area contributed by atoms with Gasteiger partial charge in [0.25, 0.3) is 5.91 Å². The second kappa shape index (κ2) is 8.52. The molecule has 3 heterocycles. The molecule has 1 N–H and O–H groups in total. The van der Waals surface area contributed by atoms with Crippen LogP contribution in [0, 0.1) is 13.8 Å². The minimum absolute atomic E-state index is 0.0810. The Morgan fingerprint density at radius 3 is 2.70 bits per heavy atom. The van der Waals surface area contributed by atoms with E-state index in [-0.39, 0.29) is 11.8 Å². The van der Waals surface area contributed by atoms with Gasteiger partial charge in [0.15, 0.2) is 5.69 Å². The van der Waals surface area contributed by atoms with Gasteiger partial charge in [-0.15, -0.1) is 0 Å². The maximum absolute atomic E-state index is 12.7. The van der Waals surface area contributed by atoms with Crippen LogP contribution in [0.3, 0.4) is 0 Å². The molecule has 3 aromatic rings. The van der Waals surface area contributed by atoms with Crippen molar-refractivity contribution in [2.24, 2.45) is 0 Å². The molecule has 0 atom stereocenters. The van der Waals surface area contributed by atoms with E-state index in [1.807, 2.05) is 53.8 Å². The number of nitrogens with one attached hydrogen (secondary N) is 1. The number of benzene rings is 1. The van der Waals surface area contributed by atoms with Crippen LogP contribution in [0.2, 0.25) is 0 Å². The summed E-state index contributed by atoms with van der Waals surface area (Å²) in [5.41, 5.74) is 4.12. The van der Waals surface area contributed by atoms with E-state index in [4.69, 9.17) is 4.52 Å². The molecule has 156 valence electrons. The van der Waals surface area contributed by atoms with Gasteiger partial charge in [0, 0.05) is 25.1 Å². The number of aryl methyl sites for hydroxylation is 2. The molecule has 8 nitrogen and oxygen atoms in total. The van der Waals surface area contributed by atoms with Gasteiger partial charge >= 0.3 is 0 Å². The van der Waals surface area contributed by atoms with E-state index in [0.29, 0.717) is 44.7 Å². The molecule has 0 fully saturated rings. The number of rotatable bonds is 6. The number of amides is 2. The molecule has 30 heavy (non-hydrogen) atoms. The van der Waals surface area contributed by atoms with Crippen molar-refractivity contribution in [3.05, 3.63) is 70.4 Å². The zero-order valence-electron chi connectivity index (χ0n) is 17.2. The van der Waals surface area contributed by atoms with Gasteiger partial charge in [-0.2, -0.15) is 5.10 Å². The fraction of sp³-hybridized carbons (Fsp3) is 0.364. The third-order valence-electron chi connectivity index (χ3n) is 5.45. The highest BCUT2D eigenvalue weighted by molar-refractivity contribution is 5.92. The third kappa shape index (κ3) is 4.27. The van der Waals surface area contributed by atoms with Gasteiger partial charge < -0.3 is 14.7 Å². The Bertz CT molecular complexity index is 1030. The first-order valence-corrected chi connectivity index (χ1v) is 10.1. The summed E-state index contributed by atoms with van der Waals surface area (Å²) in [5, 5.41) is 11.2. The highest BCUT2D eigenvalue weighted by atomic mass is 16.5. The maximum Gasteiger partial charge on any atom is 0.272 e. The second-order valence-electron chi connectivity index (χ2n) is 7.53. The molecule has 4 rings (SSSR count). The molecule has 0 aliphatic carbocycles. The smallest absolute Gasteiger partial charge is 0.272 e. The topological polar surface area (TPSA) is 93.3 Å². The third-order valence-corrected chi connectivity index (χ3v) is 5.45. The molecule has 0 bridgehead atoms. The number of carbonyl (C=O) groups is 2. The first-order chi connectivity index (χ1) is 14.5. The van der Waals surface area contributed by atoms with E-state index in [1.165, 1.54) is 0 Å². The average Bonchev–Trinajstić information content (AvgIpc) is 3.33. The Morgan fingerprint density at radius 1 is 1.17 bits per heavy atom. The summed E-state index contributed by atoms with van der Waals surface area (Å²) < 4.78 is 6.98. The SMILES string of the molecule is Cc1noc(C)c1CCC(=O)N1CCn2nc(C(=O)NCc3ccccc3)cc2C1. The quantitative estimate of drug-likeness (QED) is 0.677. The number of fused-ring (bicyclic) bond motifs is 1. The lowest BCUT2D eigenvalue weighted by Crippen LogP contribution is -2.38. The highest BCUT2D eigenvalue weighted by Crippen LogP contribution is 2.18. The fourth-order valence-corrected chi connectivity index (χ4v) is 3.71. The first kappa shape index (κ1) is 19.9. The van der Waals surface area contributed by atoms with Crippen molar-refractivity contribution in [1.29, 1.82) is 0 Å². The zero-order valence-corrected chi connectivity index (χ0v) is 17.2. The molecule has 2 amide bonds. The highest BCUT2D eigenvalue weighted by Gasteiger charge is 2.24. The van der Waals surface area contributed by atoms with Gasteiger partial charge in [0.1, 0.15) is 5.76 Å². The first-order valence-electron chi connectivity index (χ1n) is 10.1. The Labute approximate surface area is 174 Å². The summed E-state index contributed by atoms with van der Waals surface area (Å²) in [6.45, 7) is 5.83. The minimum atomic E-state index is -0.211. The van der Waals surface area contributed by atoms with Crippen molar-refractivity contribution in [2.75, 3.05) is 6.54 Å². The summed E-state index contributed by atoms with van der Waals surface area (Å²) in [5.74, 6) is 0.637. The molecule has 0 radical (unpaired) electrons. The summed E-state index contributed by atoms with van der Waals surface area (Å²) in [7, 11) is 0. The van der Waals surface area contributed by atoms with Crippen LogP contribution in [-0.4, -0.2) is 38.2 Å². The summed E-state index contributed by atoms with van der Waals surface area (Å²) in [6, 6.07) is 11.5. The van der Waals surface area contributed by atoms with Crippen molar-refractivity contribution in [2.45, 2.75) is 46.3 Å². The van der Waals surface area contributed by atoms with Crippen molar-refractivity contribution in [3.8, 4) is 0 Å². The lowest BCUT2D eigenvalue weighted by Gasteiger charge is -2.27. The van der Waals surface area contributed by atoms with Gasteiger partial charge in [0.05, 0.1) is 24.5 Å². The van der Waals surface area contributed by atoms with Crippen molar-refractivity contribution >= 4 is 11.8 Å². The normalized spacial score (nSPS) is 13.2. The lowest BCUT2D eigenvalue weighted by molar-refractivity contribution is -0.132. The molecule has 0 unspecified atom stereocenters. The average molecular weight is 407 g/mol. The Hall–Kier alpha value is -3.42. The van der Waals surface area contributed by atoms with Crippen LogP contribution >= 0.6 is 0 Å². The van der Waals surface area contributed by atoms with Crippen LogP contribution in [0.25, 0.3) is 0 Å². The number of hydrogen-bond donors (Lipinski definition) is 1. The second-order valence-corrected chi connectivity index (χ2v) is 7.53. The van der Waals surface area contributed by atoms with E-state index in [9.17, 15) is 9.59 Å². The van der Waals surface area contributed by atoms with Crippen molar-refractivity contribution in [3.63, 3.8) is 0 Å². The van der Waals surface area contributed by atoms with E-state index < -0.39 is 0 Å². The van der Waals surface area contributed by atoms with E-state index in [1.54, 1.807) is 6.07 Å². The Balaban J connectivity index is 1.34. The van der Waals surface area contributed by atoms with Crippen molar-refractivity contribution in [1.82, 2.24) is 25.2 Å². The van der Waals surface area contributed by atoms with Gasteiger partial charge in [-0.25, -0.2) is 0 Å². The van der Waals surface area contributed by atoms with E-state index in [0.717, 1.165) is 28.3 Å². The molecule has 0 spiro atoms. The molecular weight excluding hydrogens is 382 g/mol. The lowest BCUT2D eigenvalue weighted by atomic mass is 10.1. The number of hydrogen-bond acceptors (Lipinski definition) is 5. The molecule has 2 aromatic heterocycles. The van der Waals surface area contributed by atoms with E-state index >= 15 is 0 Å². The van der Waals surface area contributed by atoms with Gasteiger partial charge in [-0.1, -0.05) is 35.5 Å². The standard InChI is InChI=1S/C22H25N5O3/c1-15-19(16(2)30-25-15)8-9-21(28)26-10-11-27-18(14-26)12-20(24-27)22(29)23-13-17-6-4-3-5-7-17/h3-7,12H,8-11,13-14H2,1-2H3,(H,23,29). The monoisotopic (exact) mass is 407 g/mol. The molecule has 1 aliphatic heterocycles. The molecule has 8 heteroatoms. The van der Waals surface area contributed by atoms with Crippen LogP contribution in [-0.2, 0) is 30.8 Å². The van der Waals surface area contributed by atoms with E-state index in [2.05, 4.69) is 15.6 Å². The largest absolute Gasteiger partial charge is 0.361 e. The Morgan fingerprint density at radius 2 is 1.97 bits per heavy atom. The minimum Gasteiger partial charge on any atom is -0.361 e. The number of aromatic nitrogens is 3. The summed E-state index contributed by atoms with van der Waals surface area (Å²) in [6.07, 6.45) is 1.02. The molecule has 1 aromatic carbocycles.